The van der Waals surface area contributed by atoms with E-state index in [2.05, 4.69) is 15.4 Å². The Kier molecular flexibility index (Phi) is 9.38. The van der Waals surface area contributed by atoms with Gasteiger partial charge >= 0.3 is 0 Å². The number of hydrogen-bond donors (Lipinski definition) is 3. The Morgan fingerprint density at radius 1 is 1.10 bits per heavy atom. The summed E-state index contributed by atoms with van der Waals surface area (Å²) in [7, 11) is -3.57. The summed E-state index contributed by atoms with van der Waals surface area (Å²) < 4.78 is 37.6. The second-order valence-electron chi connectivity index (χ2n) is 6.78. The number of carbonyl (C=O) groups is 1. The van der Waals surface area contributed by atoms with Crippen LogP contribution >= 0.6 is 12.2 Å². The Hall–Kier alpha value is -2.53. The summed E-state index contributed by atoms with van der Waals surface area (Å²) >= 11 is 5.19. The van der Waals surface area contributed by atoms with Crippen LogP contribution in [0.15, 0.2) is 53.4 Å². The lowest BCUT2D eigenvalue weighted by Crippen LogP contribution is -2.34. The van der Waals surface area contributed by atoms with E-state index in [-0.39, 0.29) is 16.0 Å². The van der Waals surface area contributed by atoms with Crippen molar-refractivity contribution in [3.63, 3.8) is 0 Å². The van der Waals surface area contributed by atoms with Gasteiger partial charge in [0.25, 0.3) is 5.91 Å². The third-order valence-corrected chi connectivity index (χ3v) is 5.72. The van der Waals surface area contributed by atoms with Crippen molar-refractivity contribution >= 4 is 38.9 Å². The molecule has 31 heavy (non-hydrogen) atoms. The molecule has 3 N–H and O–H groups in total. The van der Waals surface area contributed by atoms with Crippen LogP contribution in [-0.2, 0) is 14.8 Å². The SMILES string of the molecule is CCOCCOc1cccc(C(=O)NC(=S)Nc2ccc(S(=O)(=O)NC(C)C)cc2)c1. The number of nitrogens with one attached hydrogen (secondary N) is 3. The molecule has 0 unspecified atom stereocenters. The van der Waals surface area contributed by atoms with Crippen molar-refractivity contribution in [2.24, 2.45) is 0 Å². The Labute approximate surface area is 188 Å². The zero-order valence-electron chi connectivity index (χ0n) is 17.7. The van der Waals surface area contributed by atoms with Gasteiger partial charge in [0, 0.05) is 23.9 Å². The normalized spacial score (nSPS) is 11.2. The first-order valence-corrected chi connectivity index (χ1v) is 11.7. The van der Waals surface area contributed by atoms with Crippen LogP contribution in [0.5, 0.6) is 5.75 Å². The summed E-state index contributed by atoms with van der Waals surface area (Å²) in [5.74, 6) is 0.158. The van der Waals surface area contributed by atoms with E-state index in [9.17, 15) is 13.2 Å². The van der Waals surface area contributed by atoms with E-state index in [0.29, 0.717) is 36.8 Å². The maximum absolute atomic E-state index is 12.5. The Balaban J connectivity index is 1.93. The van der Waals surface area contributed by atoms with Crippen LogP contribution in [0.1, 0.15) is 31.1 Å². The molecular weight excluding hydrogens is 438 g/mol. The molecular formula is C21H27N3O5S2. The first kappa shape index (κ1) is 24.7. The van der Waals surface area contributed by atoms with Gasteiger partial charge in [-0.15, -0.1) is 0 Å². The van der Waals surface area contributed by atoms with Crippen LogP contribution in [-0.4, -0.2) is 45.3 Å². The fourth-order valence-corrected chi connectivity index (χ4v) is 3.98. The molecule has 2 aromatic rings. The zero-order chi connectivity index (χ0) is 22.9. The smallest absolute Gasteiger partial charge is 0.257 e. The highest BCUT2D eigenvalue weighted by atomic mass is 32.2. The largest absolute Gasteiger partial charge is 0.491 e. The highest BCUT2D eigenvalue weighted by Crippen LogP contribution is 2.15. The van der Waals surface area contributed by atoms with Gasteiger partial charge in [-0.05, 0) is 75.5 Å². The summed E-state index contributed by atoms with van der Waals surface area (Å²) in [6.07, 6.45) is 0. The van der Waals surface area contributed by atoms with Crippen molar-refractivity contribution in [1.29, 1.82) is 0 Å². The van der Waals surface area contributed by atoms with E-state index in [1.54, 1.807) is 50.2 Å². The van der Waals surface area contributed by atoms with Crippen LogP contribution in [0.2, 0.25) is 0 Å². The number of ether oxygens (including phenoxy) is 2. The molecule has 0 heterocycles. The van der Waals surface area contributed by atoms with Crippen molar-refractivity contribution in [1.82, 2.24) is 10.0 Å². The molecule has 0 atom stereocenters. The van der Waals surface area contributed by atoms with Crippen LogP contribution in [0.4, 0.5) is 5.69 Å². The number of rotatable bonds is 10. The van der Waals surface area contributed by atoms with E-state index in [4.69, 9.17) is 21.7 Å². The molecule has 1 amide bonds. The van der Waals surface area contributed by atoms with Gasteiger partial charge in [0.2, 0.25) is 10.0 Å². The van der Waals surface area contributed by atoms with E-state index >= 15 is 0 Å². The maximum Gasteiger partial charge on any atom is 0.257 e. The molecule has 0 bridgehead atoms. The first-order valence-electron chi connectivity index (χ1n) is 9.76. The van der Waals surface area contributed by atoms with E-state index in [1.165, 1.54) is 12.1 Å². The van der Waals surface area contributed by atoms with Crippen molar-refractivity contribution in [2.75, 3.05) is 25.1 Å². The van der Waals surface area contributed by atoms with E-state index < -0.39 is 15.9 Å². The minimum atomic E-state index is -3.57. The Morgan fingerprint density at radius 3 is 2.45 bits per heavy atom. The average molecular weight is 466 g/mol. The minimum Gasteiger partial charge on any atom is -0.491 e. The van der Waals surface area contributed by atoms with Crippen LogP contribution < -0.4 is 20.1 Å². The highest BCUT2D eigenvalue weighted by Gasteiger charge is 2.15. The van der Waals surface area contributed by atoms with Crippen molar-refractivity contribution < 1.29 is 22.7 Å². The molecule has 0 aliphatic heterocycles. The molecule has 0 spiro atoms. The summed E-state index contributed by atoms with van der Waals surface area (Å²) in [5, 5.41) is 5.54. The molecule has 0 saturated carbocycles. The third-order valence-electron chi connectivity index (χ3n) is 3.84. The second kappa shape index (κ2) is 11.8. The molecule has 0 aromatic heterocycles. The van der Waals surface area contributed by atoms with Crippen LogP contribution in [0, 0.1) is 0 Å². The summed E-state index contributed by atoms with van der Waals surface area (Å²) in [4.78, 5) is 12.6. The minimum absolute atomic E-state index is 0.0866. The fraction of sp³-hybridized carbons (Fsp3) is 0.333. The summed E-state index contributed by atoms with van der Waals surface area (Å²) in [6.45, 7) is 6.87. The van der Waals surface area contributed by atoms with Crippen LogP contribution in [0.25, 0.3) is 0 Å². The molecule has 0 saturated heterocycles. The monoisotopic (exact) mass is 465 g/mol. The van der Waals surface area contributed by atoms with Gasteiger partial charge in [0.1, 0.15) is 12.4 Å². The molecule has 168 valence electrons. The standard InChI is InChI=1S/C21H27N3O5S2/c1-4-28-12-13-29-18-7-5-6-16(14-18)20(25)23-21(30)22-17-8-10-19(11-9-17)31(26,27)24-15(2)3/h5-11,14-15,24H,4,12-13H2,1-3H3,(H2,22,23,25,30). The Morgan fingerprint density at radius 2 is 1.81 bits per heavy atom. The fourth-order valence-electron chi connectivity index (χ4n) is 2.52. The number of amides is 1. The van der Waals surface area contributed by atoms with Gasteiger partial charge < -0.3 is 14.8 Å². The molecule has 2 aromatic carbocycles. The molecule has 0 radical (unpaired) electrons. The molecule has 2 rings (SSSR count). The van der Waals surface area contributed by atoms with Crippen LogP contribution in [0.3, 0.4) is 0 Å². The first-order chi connectivity index (χ1) is 14.7. The van der Waals surface area contributed by atoms with Gasteiger partial charge in [0.05, 0.1) is 11.5 Å². The summed E-state index contributed by atoms with van der Waals surface area (Å²) in [6, 6.07) is 12.6. The molecule has 0 aliphatic carbocycles. The average Bonchev–Trinajstić information content (AvgIpc) is 2.71. The van der Waals surface area contributed by atoms with Gasteiger partial charge in [-0.1, -0.05) is 6.07 Å². The zero-order valence-corrected chi connectivity index (χ0v) is 19.3. The van der Waals surface area contributed by atoms with Gasteiger partial charge in [-0.25, -0.2) is 13.1 Å². The number of carbonyl (C=O) groups excluding carboxylic acids is 1. The van der Waals surface area contributed by atoms with Gasteiger partial charge in [-0.3, -0.25) is 10.1 Å². The maximum atomic E-state index is 12.5. The van der Waals surface area contributed by atoms with Gasteiger partial charge in [-0.2, -0.15) is 0 Å². The van der Waals surface area contributed by atoms with Crippen molar-refractivity contribution in [3.8, 4) is 5.75 Å². The van der Waals surface area contributed by atoms with E-state index in [1.807, 2.05) is 6.92 Å². The number of hydrogen-bond acceptors (Lipinski definition) is 6. The predicted molar refractivity (Wildman–Crippen MR) is 124 cm³/mol. The summed E-state index contributed by atoms with van der Waals surface area (Å²) in [5.41, 5.74) is 0.932. The number of benzene rings is 2. The van der Waals surface area contributed by atoms with Crippen molar-refractivity contribution in [2.45, 2.75) is 31.7 Å². The van der Waals surface area contributed by atoms with Gasteiger partial charge in [0.15, 0.2) is 5.11 Å². The predicted octanol–water partition coefficient (Wildman–Crippen LogP) is 2.92. The molecule has 10 heteroatoms. The lowest BCUT2D eigenvalue weighted by Gasteiger charge is -2.12. The Bertz CT molecular complexity index is 992. The van der Waals surface area contributed by atoms with Crippen molar-refractivity contribution in [3.05, 3.63) is 54.1 Å². The second-order valence-corrected chi connectivity index (χ2v) is 8.90. The quantitative estimate of drug-likeness (QED) is 0.366. The lowest BCUT2D eigenvalue weighted by atomic mass is 10.2. The number of sulfonamides is 1. The third kappa shape index (κ3) is 8.25. The number of thiocarbonyl (C=S) groups is 1. The molecule has 0 aliphatic rings. The molecule has 0 fully saturated rings. The molecule has 8 nitrogen and oxygen atoms in total. The topological polar surface area (TPSA) is 106 Å². The lowest BCUT2D eigenvalue weighted by molar-refractivity contribution is 0.0976. The number of anilines is 1. The van der Waals surface area contributed by atoms with E-state index in [0.717, 1.165) is 0 Å². The highest BCUT2D eigenvalue weighted by molar-refractivity contribution is 7.89.